The largest absolute Gasteiger partial charge is 0.394 e. The molecular weight excluding hydrogens is 372 g/mol. The number of fused-ring (bicyclic) bond motifs is 2. The summed E-state index contributed by atoms with van der Waals surface area (Å²) in [5.41, 5.74) is -1.09. The highest BCUT2D eigenvalue weighted by molar-refractivity contribution is 5.76. The molecule has 2 aliphatic rings. The zero-order chi connectivity index (χ0) is 20.7. The van der Waals surface area contributed by atoms with E-state index in [0.717, 1.165) is 0 Å². The molecule has 2 heterocycles. The molecule has 6 N–H and O–H groups in total. The Morgan fingerprint density at radius 1 is 1.11 bits per heavy atom. The number of nitrogens with zero attached hydrogens (tertiary/aromatic N) is 2. The average Bonchev–Trinajstić information content (AvgIpc) is 2.65. The zero-order valence-corrected chi connectivity index (χ0v) is 15.1. The Kier molecular flexibility index (Phi) is 5.17. The zero-order valence-electron chi connectivity index (χ0n) is 15.1. The molecule has 0 bridgehead atoms. The molecule has 1 aliphatic heterocycles. The molecule has 28 heavy (non-hydrogen) atoms. The van der Waals surface area contributed by atoms with E-state index in [1.54, 1.807) is 19.9 Å². The predicted molar refractivity (Wildman–Crippen MR) is 98.4 cm³/mol. The molecule has 0 amide bonds. The first kappa shape index (κ1) is 19.9. The van der Waals surface area contributed by atoms with E-state index >= 15 is 0 Å². The minimum absolute atomic E-state index is 0.0439. The lowest BCUT2D eigenvalue weighted by Gasteiger charge is -2.25. The van der Waals surface area contributed by atoms with E-state index in [9.17, 15) is 29.7 Å². The summed E-state index contributed by atoms with van der Waals surface area (Å²) in [4.78, 5) is 45.1. The second-order valence-corrected chi connectivity index (χ2v) is 6.65. The summed E-state index contributed by atoms with van der Waals surface area (Å²) in [6.45, 7) is 2.14. The van der Waals surface area contributed by atoms with Gasteiger partial charge in [-0.1, -0.05) is 0 Å². The van der Waals surface area contributed by atoms with Crippen LogP contribution in [-0.4, -0.2) is 64.9 Å². The maximum absolute atomic E-state index is 12.7. The lowest BCUT2D eigenvalue weighted by Crippen LogP contribution is -2.42. The van der Waals surface area contributed by atoms with Crippen LogP contribution in [0.1, 0.15) is 11.1 Å². The van der Waals surface area contributed by atoms with Crippen LogP contribution < -0.4 is 16.7 Å². The van der Waals surface area contributed by atoms with Crippen LogP contribution in [0.15, 0.2) is 20.4 Å². The molecule has 3 unspecified atom stereocenters. The molecule has 0 spiro atoms. The van der Waals surface area contributed by atoms with Crippen LogP contribution in [0.4, 0.5) is 0 Å². The SMILES string of the molecule is Cc1cc2n(CC(O)C(O)C(O)CO)c3[nH]c(=O)[nH]c(=O)c3nc-2c(=O)c1C. The van der Waals surface area contributed by atoms with Gasteiger partial charge in [-0.05, 0) is 25.5 Å². The predicted octanol–water partition coefficient (Wildman–Crippen LogP) is -2.43. The minimum Gasteiger partial charge on any atom is -0.394 e. The maximum Gasteiger partial charge on any atom is 0.327 e. The number of aromatic amines is 2. The number of H-pyrrole nitrogens is 2. The van der Waals surface area contributed by atoms with Gasteiger partial charge in [0.15, 0.2) is 5.52 Å². The van der Waals surface area contributed by atoms with Crippen molar-refractivity contribution in [3.05, 3.63) is 48.3 Å². The summed E-state index contributed by atoms with van der Waals surface area (Å²) in [6.07, 6.45) is -4.89. The Morgan fingerprint density at radius 3 is 2.43 bits per heavy atom. The summed E-state index contributed by atoms with van der Waals surface area (Å²) >= 11 is 0. The van der Waals surface area contributed by atoms with Crippen LogP contribution in [0.2, 0.25) is 0 Å². The Hall–Kier alpha value is -2.86. The van der Waals surface area contributed by atoms with Crippen molar-refractivity contribution >= 4 is 11.2 Å². The maximum atomic E-state index is 12.7. The van der Waals surface area contributed by atoms with Crippen LogP contribution in [-0.2, 0) is 6.54 Å². The monoisotopic (exact) mass is 392 g/mol. The molecule has 0 saturated heterocycles. The first-order chi connectivity index (χ1) is 13.1. The van der Waals surface area contributed by atoms with Gasteiger partial charge in [-0.15, -0.1) is 0 Å². The van der Waals surface area contributed by atoms with Gasteiger partial charge in [-0.2, -0.15) is 0 Å². The van der Waals surface area contributed by atoms with E-state index in [4.69, 9.17) is 5.11 Å². The lowest BCUT2D eigenvalue weighted by atomic mass is 10.0. The van der Waals surface area contributed by atoms with E-state index in [0.29, 0.717) is 11.1 Å². The van der Waals surface area contributed by atoms with Crippen LogP contribution in [0.25, 0.3) is 22.6 Å². The average molecular weight is 392 g/mol. The summed E-state index contributed by atoms with van der Waals surface area (Å²) in [5.74, 6) is 0. The second kappa shape index (κ2) is 7.28. The second-order valence-electron chi connectivity index (χ2n) is 6.65. The standard InChI is InChI=1S/C17H20N4O7/c1-6-3-8-11(13(25)7(6)2)18-12-15(19-17(28)20-16(12)27)21(8)4-9(23)14(26)10(24)5-22/h3,9-10,14,22-24,26H,4-5H2,1-2H3,(H2,19,20,27,28). The smallest absolute Gasteiger partial charge is 0.327 e. The van der Waals surface area contributed by atoms with Crippen LogP contribution in [0.3, 0.4) is 0 Å². The van der Waals surface area contributed by atoms with Gasteiger partial charge >= 0.3 is 5.69 Å². The number of aliphatic hydroxyl groups is 4. The molecule has 1 aliphatic carbocycles. The molecular formula is C17H20N4O7. The third-order valence-corrected chi connectivity index (χ3v) is 4.77. The van der Waals surface area contributed by atoms with Crippen molar-refractivity contribution in [2.45, 2.75) is 38.7 Å². The van der Waals surface area contributed by atoms with E-state index in [-0.39, 0.29) is 22.6 Å². The van der Waals surface area contributed by atoms with Gasteiger partial charge in [0, 0.05) is 5.56 Å². The van der Waals surface area contributed by atoms with Gasteiger partial charge in [-0.3, -0.25) is 19.6 Å². The van der Waals surface area contributed by atoms with Crippen molar-refractivity contribution in [3.8, 4) is 11.4 Å². The Balaban J connectivity index is 2.35. The third-order valence-electron chi connectivity index (χ3n) is 4.77. The number of hydrogen-bond acceptors (Lipinski definition) is 8. The molecule has 0 radical (unpaired) electrons. The molecule has 0 aromatic carbocycles. The number of hydrogen-bond donors (Lipinski definition) is 6. The van der Waals surface area contributed by atoms with E-state index < -0.39 is 48.1 Å². The Morgan fingerprint density at radius 2 is 1.79 bits per heavy atom. The van der Waals surface area contributed by atoms with Gasteiger partial charge in [0.2, 0.25) is 5.43 Å². The van der Waals surface area contributed by atoms with E-state index in [2.05, 4.69) is 9.97 Å². The van der Waals surface area contributed by atoms with E-state index in [1.165, 1.54) is 4.57 Å². The molecule has 1 aromatic heterocycles. The molecule has 1 aromatic rings. The van der Waals surface area contributed by atoms with Gasteiger partial charge in [-0.25, -0.2) is 9.78 Å². The fraction of sp³-hybridized carbons (Fsp3) is 0.412. The van der Waals surface area contributed by atoms with Crippen molar-refractivity contribution in [1.82, 2.24) is 19.5 Å². The summed E-state index contributed by atoms with van der Waals surface area (Å²) < 4.78 is 1.28. The number of aliphatic hydroxyl groups excluding tert-OH is 4. The van der Waals surface area contributed by atoms with Gasteiger partial charge in [0.05, 0.1) is 18.8 Å². The minimum atomic E-state index is -1.71. The van der Waals surface area contributed by atoms with E-state index in [1.807, 2.05) is 4.98 Å². The topological polar surface area (TPSA) is 182 Å². The highest BCUT2D eigenvalue weighted by Crippen LogP contribution is 2.23. The number of aryl methyl sites for hydroxylation is 1. The van der Waals surface area contributed by atoms with Crippen molar-refractivity contribution in [1.29, 1.82) is 0 Å². The van der Waals surface area contributed by atoms with Crippen molar-refractivity contribution in [2.75, 3.05) is 6.61 Å². The van der Waals surface area contributed by atoms with Gasteiger partial charge < -0.3 is 25.0 Å². The first-order valence-corrected chi connectivity index (χ1v) is 8.47. The highest BCUT2D eigenvalue weighted by Gasteiger charge is 2.27. The normalized spacial score (nSPS) is 15.1. The number of rotatable bonds is 5. The van der Waals surface area contributed by atoms with Crippen molar-refractivity contribution in [3.63, 3.8) is 0 Å². The lowest BCUT2D eigenvalue weighted by molar-refractivity contribution is -0.0802. The molecule has 3 rings (SSSR count). The molecule has 11 nitrogen and oxygen atoms in total. The van der Waals surface area contributed by atoms with Crippen LogP contribution >= 0.6 is 0 Å². The number of aromatic nitrogens is 4. The fourth-order valence-corrected chi connectivity index (χ4v) is 3.02. The Labute approximate surface area is 156 Å². The highest BCUT2D eigenvalue weighted by atomic mass is 16.4. The van der Waals surface area contributed by atoms with Gasteiger partial charge in [0.25, 0.3) is 5.56 Å². The summed E-state index contributed by atoms with van der Waals surface area (Å²) in [7, 11) is 0. The molecule has 150 valence electrons. The van der Waals surface area contributed by atoms with Crippen molar-refractivity contribution < 1.29 is 20.4 Å². The van der Waals surface area contributed by atoms with Gasteiger partial charge in [0.1, 0.15) is 29.7 Å². The number of nitrogens with one attached hydrogen (secondary N) is 2. The molecule has 11 heteroatoms. The van der Waals surface area contributed by atoms with Crippen LogP contribution in [0.5, 0.6) is 0 Å². The third kappa shape index (κ3) is 3.24. The van der Waals surface area contributed by atoms with Crippen LogP contribution in [0, 0.1) is 13.8 Å². The number of benzene rings is 1. The first-order valence-electron chi connectivity index (χ1n) is 8.47. The molecule has 3 atom stereocenters. The Bertz CT molecular complexity index is 1180. The summed E-state index contributed by atoms with van der Waals surface area (Å²) in [5, 5.41) is 38.8. The molecule has 0 fully saturated rings. The molecule has 0 saturated carbocycles. The van der Waals surface area contributed by atoms with Crippen molar-refractivity contribution in [2.24, 2.45) is 0 Å². The fourth-order valence-electron chi connectivity index (χ4n) is 3.02. The quantitative estimate of drug-likeness (QED) is 0.259. The summed E-state index contributed by atoms with van der Waals surface area (Å²) in [6, 6.07) is 1.61.